The van der Waals surface area contributed by atoms with Crippen molar-refractivity contribution >= 4 is 12.0 Å². The van der Waals surface area contributed by atoms with Crippen LogP contribution < -0.4 is 9.64 Å². The maximum atomic E-state index is 5.56. The largest absolute Gasteiger partial charge is 0.494 e. The molecule has 0 saturated carbocycles. The molecule has 0 amide bonds. The summed E-state index contributed by atoms with van der Waals surface area (Å²) in [6.07, 6.45) is 5.58. The van der Waals surface area contributed by atoms with Crippen LogP contribution in [0.2, 0.25) is 0 Å². The lowest BCUT2D eigenvalue weighted by molar-refractivity contribution is 0.280. The van der Waals surface area contributed by atoms with Crippen LogP contribution in [-0.2, 0) is 0 Å². The average molecular weight is 408 g/mol. The molecule has 3 rings (SSSR count). The van der Waals surface area contributed by atoms with Gasteiger partial charge in [0.25, 0.3) is 0 Å². The number of allylic oxidation sites excluding steroid dienone is 1. The van der Waals surface area contributed by atoms with Gasteiger partial charge in [-0.25, -0.2) is 4.98 Å². The van der Waals surface area contributed by atoms with E-state index in [1.54, 1.807) is 12.4 Å². The minimum absolute atomic E-state index is 0.665. The Morgan fingerprint density at radius 1 is 1.03 bits per heavy atom. The van der Waals surface area contributed by atoms with Gasteiger partial charge in [-0.05, 0) is 57.5 Å². The van der Waals surface area contributed by atoms with Crippen molar-refractivity contribution in [2.45, 2.75) is 27.7 Å². The van der Waals surface area contributed by atoms with Gasteiger partial charge < -0.3 is 9.64 Å². The highest BCUT2D eigenvalue weighted by Crippen LogP contribution is 2.28. The number of hydrogen-bond acceptors (Lipinski definition) is 6. The molecular weight excluding hydrogens is 374 g/mol. The van der Waals surface area contributed by atoms with Crippen molar-refractivity contribution in [2.24, 2.45) is 4.99 Å². The molecule has 1 aromatic carbocycles. The standard InChI is InChI=1S/C24H33N5O/c1-5-25-17-21(19(3)4)18-28-13-15-29(16-14-28)24-23(26-11-12-27-24)20-7-9-22(10-8-20)30-6-2/h7-12,17H,5-6,13-16,18H2,1-4H3. The number of aliphatic imine (C=N–C) groups is 1. The number of hydrogen-bond donors (Lipinski definition) is 0. The SMILES string of the molecule is CCN=CC(CN1CCN(c2nccnc2-c2ccc(OCC)cc2)CC1)=C(C)C. The van der Waals surface area contributed by atoms with Crippen LogP contribution in [-0.4, -0.2) is 67.0 Å². The van der Waals surface area contributed by atoms with E-state index >= 15 is 0 Å². The predicted octanol–water partition coefficient (Wildman–Crippen LogP) is 4.09. The Morgan fingerprint density at radius 2 is 1.73 bits per heavy atom. The van der Waals surface area contributed by atoms with Gasteiger partial charge in [0.05, 0.1) is 6.61 Å². The number of aromatic nitrogens is 2. The molecule has 0 bridgehead atoms. The average Bonchev–Trinajstić information content (AvgIpc) is 2.78. The summed E-state index contributed by atoms with van der Waals surface area (Å²) in [6, 6.07) is 8.11. The summed E-state index contributed by atoms with van der Waals surface area (Å²) in [5, 5.41) is 0. The molecule has 2 aromatic rings. The second-order valence-electron chi connectivity index (χ2n) is 7.60. The van der Waals surface area contributed by atoms with Gasteiger partial charge in [0, 0.05) is 63.4 Å². The van der Waals surface area contributed by atoms with Crippen molar-refractivity contribution in [3.63, 3.8) is 0 Å². The molecule has 1 aliphatic heterocycles. The van der Waals surface area contributed by atoms with Gasteiger partial charge in [0.1, 0.15) is 11.4 Å². The molecule has 0 N–H and O–H groups in total. The first-order chi connectivity index (χ1) is 14.6. The van der Waals surface area contributed by atoms with Crippen molar-refractivity contribution in [1.29, 1.82) is 0 Å². The van der Waals surface area contributed by atoms with E-state index < -0.39 is 0 Å². The summed E-state index contributed by atoms with van der Waals surface area (Å²) in [4.78, 5) is 18.6. The molecule has 160 valence electrons. The fraction of sp³-hybridized carbons (Fsp3) is 0.458. The predicted molar refractivity (Wildman–Crippen MR) is 125 cm³/mol. The Hall–Kier alpha value is -2.73. The van der Waals surface area contributed by atoms with Crippen LogP contribution in [0.15, 0.2) is 52.8 Å². The van der Waals surface area contributed by atoms with Crippen LogP contribution in [0.5, 0.6) is 5.75 Å². The molecule has 30 heavy (non-hydrogen) atoms. The monoisotopic (exact) mass is 407 g/mol. The third-order valence-electron chi connectivity index (χ3n) is 5.26. The van der Waals surface area contributed by atoms with Crippen molar-refractivity contribution in [1.82, 2.24) is 14.9 Å². The Labute approximate surface area is 180 Å². The molecular formula is C24H33N5O. The molecule has 2 heterocycles. The van der Waals surface area contributed by atoms with Crippen LogP contribution in [0.3, 0.4) is 0 Å². The third kappa shape index (κ3) is 5.66. The van der Waals surface area contributed by atoms with Gasteiger partial charge >= 0.3 is 0 Å². The number of nitrogens with zero attached hydrogens (tertiary/aromatic N) is 5. The van der Waals surface area contributed by atoms with Gasteiger partial charge in [-0.2, -0.15) is 0 Å². The summed E-state index contributed by atoms with van der Waals surface area (Å²) in [5.41, 5.74) is 4.64. The van der Waals surface area contributed by atoms with Crippen molar-refractivity contribution in [3.05, 3.63) is 47.8 Å². The Kier molecular flexibility index (Phi) is 7.97. The second-order valence-corrected chi connectivity index (χ2v) is 7.60. The zero-order valence-corrected chi connectivity index (χ0v) is 18.6. The number of rotatable bonds is 8. The zero-order chi connectivity index (χ0) is 21.3. The van der Waals surface area contributed by atoms with E-state index in [4.69, 9.17) is 4.74 Å². The first-order valence-electron chi connectivity index (χ1n) is 10.8. The van der Waals surface area contributed by atoms with Crippen LogP contribution in [0, 0.1) is 0 Å². The summed E-state index contributed by atoms with van der Waals surface area (Å²) < 4.78 is 5.56. The smallest absolute Gasteiger partial charge is 0.155 e. The first-order valence-corrected chi connectivity index (χ1v) is 10.8. The highest BCUT2D eigenvalue weighted by molar-refractivity contribution is 5.80. The van der Waals surface area contributed by atoms with E-state index in [1.165, 1.54) is 11.1 Å². The molecule has 1 fully saturated rings. The summed E-state index contributed by atoms with van der Waals surface area (Å²) in [6.45, 7) is 14.7. The molecule has 1 aromatic heterocycles. The number of benzene rings is 1. The molecule has 1 saturated heterocycles. The molecule has 1 aliphatic rings. The topological polar surface area (TPSA) is 53.9 Å². The lowest BCUT2D eigenvalue weighted by Crippen LogP contribution is -2.47. The van der Waals surface area contributed by atoms with Gasteiger partial charge in [-0.3, -0.25) is 14.9 Å². The maximum absolute atomic E-state index is 5.56. The highest BCUT2D eigenvalue weighted by atomic mass is 16.5. The second kappa shape index (κ2) is 10.9. The molecule has 0 radical (unpaired) electrons. The molecule has 0 atom stereocenters. The number of anilines is 1. The van der Waals surface area contributed by atoms with Crippen molar-refractivity contribution in [2.75, 3.05) is 50.8 Å². The lowest BCUT2D eigenvalue weighted by atomic mass is 10.1. The van der Waals surface area contributed by atoms with E-state index in [1.807, 2.05) is 25.3 Å². The van der Waals surface area contributed by atoms with Gasteiger partial charge in [0.2, 0.25) is 0 Å². The van der Waals surface area contributed by atoms with Crippen LogP contribution in [0.1, 0.15) is 27.7 Å². The zero-order valence-electron chi connectivity index (χ0n) is 18.6. The lowest BCUT2D eigenvalue weighted by Gasteiger charge is -2.36. The Morgan fingerprint density at radius 3 is 2.37 bits per heavy atom. The number of ether oxygens (including phenoxy) is 1. The summed E-state index contributed by atoms with van der Waals surface area (Å²) >= 11 is 0. The molecule has 0 aliphatic carbocycles. The molecule has 0 unspecified atom stereocenters. The quantitative estimate of drug-likeness (QED) is 0.617. The minimum Gasteiger partial charge on any atom is -0.494 e. The van der Waals surface area contributed by atoms with Crippen LogP contribution in [0.4, 0.5) is 5.82 Å². The summed E-state index contributed by atoms with van der Waals surface area (Å²) in [5.74, 6) is 1.83. The van der Waals surface area contributed by atoms with E-state index in [0.717, 1.165) is 62.1 Å². The van der Waals surface area contributed by atoms with Gasteiger partial charge in [-0.15, -0.1) is 0 Å². The van der Waals surface area contributed by atoms with Crippen molar-refractivity contribution in [3.8, 4) is 17.0 Å². The molecule has 6 heteroatoms. The van der Waals surface area contributed by atoms with Gasteiger partial charge in [0.15, 0.2) is 5.82 Å². The molecule has 6 nitrogen and oxygen atoms in total. The maximum Gasteiger partial charge on any atom is 0.155 e. The Bertz CT molecular complexity index is 863. The van der Waals surface area contributed by atoms with Crippen LogP contribution >= 0.6 is 0 Å². The fourth-order valence-electron chi connectivity index (χ4n) is 3.53. The summed E-state index contributed by atoms with van der Waals surface area (Å²) in [7, 11) is 0. The van der Waals surface area contributed by atoms with E-state index in [0.29, 0.717) is 6.61 Å². The fourth-order valence-corrected chi connectivity index (χ4v) is 3.53. The normalized spacial score (nSPS) is 14.9. The first kappa shape index (κ1) is 22.0. The van der Waals surface area contributed by atoms with Crippen molar-refractivity contribution < 1.29 is 4.74 Å². The minimum atomic E-state index is 0.665. The highest BCUT2D eigenvalue weighted by Gasteiger charge is 2.22. The van der Waals surface area contributed by atoms with E-state index in [-0.39, 0.29) is 0 Å². The Balaban J connectivity index is 1.69. The number of piperazine rings is 1. The third-order valence-corrected chi connectivity index (χ3v) is 5.26. The van der Waals surface area contributed by atoms with E-state index in [2.05, 4.69) is 57.7 Å². The molecule has 0 spiro atoms. The van der Waals surface area contributed by atoms with E-state index in [9.17, 15) is 0 Å². The van der Waals surface area contributed by atoms with Gasteiger partial charge in [-0.1, -0.05) is 5.57 Å². The van der Waals surface area contributed by atoms with Crippen LogP contribution in [0.25, 0.3) is 11.3 Å².